The number of amides is 1. The number of anilines is 3. The van der Waals surface area contributed by atoms with E-state index >= 15 is 0 Å². The van der Waals surface area contributed by atoms with Crippen molar-refractivity contribution in [2.24, 2.45) is 0 Å². The summed E-state index contributed by atoms with van der Waals surface area (Å²) in [5.74, 6) is 0.480. The van der Waals surface area contributed by atoms with Crippen molar-refractivity contribution in [1.29, 1.82) is 0 Å². The molecule has 0 aliphatic carbocycles. The van der Waals surface area contributed by atoms with E-state index in [1.807, 2.05) is 0 Å². The molecule has 0 aliphatic heterocycles. The molecule has 8 heteroatoms. The Hall–Kier alpha value is -2.48. The minimum atomic E-state index is -0.109. The van der Waals surface area contributed by atoms with Crippen molar-refractivity contribution in [2.45, 2.75) is 10.1 Å². The van der Waals surface area contributed by atoms with Gasteiger partial charge in [0.25, 0.3) is 5.91 Å². The highest BCUT2D eigenvalue weighted by atomic mass is 32.2. The molecule has 6 N–H and O–H groups in total. The van der Waals surface area contributed by atoms with Gasteiger partial charge in [-0.25, -0.2) is 9.97 Å². The Morgan fingerprint density at radius 1 is 1.10 bits per heavy atom. The van der Waals surface area contributed by atoms with E-state index in [0.717, 1.165) is 4.90 Å². The summed E-state index contributed by atoms with van der Waals surface area (Å²) < 4.78 is 0. The maximum absolute atomic E-state index is 11.9. The molecular formula is C13H16N6OS. The predicted octanol–water partition coefficient (Wildman–Crippen LogP) is 1.08. The van der Waals surface area contributed by atoms with Crippen LogP contribution in [0.25, 0.3) is 0 Å². The Morgan fingerprint density at radius 3 is 2.24 bits per heavy atom. The van der Waals surface area contributed by atoms with Crippen molar-refractivity contribution in [3.63, 3.8) is 0 Å². The van der Waals surface area contributed by atoms with E-state index in [4.69, 9.17) is 17.2 Å². The maximum atomic E-state index is 11.9. The van der Waals surface area contributed by atoms with E-state index in [0.29, 0.717) is 28.0 Å². The Bertz CT molecular complexity index is 668. The number of aromatic nitrogens is 2. The number of nitrogens with zero attached hydrogens (tertiary/aromatic N) is 3. The predicted molar refractivity (Wildman–Crippen MR) is 83.9 cm³/mol. The average Bonchev–Trinajstić information content (AvgIpc) is 2.39. The average molecular weight is 304 g/mol. The third-order valence-corrected chi connectivity index (χ3v) is 3.57. The van der Waals surface area contributed by atoms with Crippen LogP contribution in [0.5, 0.6) is 0 Å². The summed E-state index contributed by atoms with van der Waals surface area (Å²) in [5.41, 5.74) is 18.2. The van der Waals surface area contributed by atoms with Crippen LogP contribution in [0.1, 0.15) is 10.4 Å². The highest BCUT2D eigenvalue weighted by molar-refractivity contribution is 7.99. The summed E-state index contributed by atoms with van der Waals surface area (Å²) in [6, 6.07) is 6.56. The molecule has 1 aromatic carbocycles. The Labute approximate surface area is 126 Å². The molecule has 1 amide bonds. The fourth-order valence-corrected chi connectivity index (χ4v) is 2.45. The van der Waals surface area contributed by atoms with Gasteiger partial charge in [-0.05, 0) is 30.0 Å². The number of rotatable bonds is 3. The van der Waals surface area contributed by atoms with Gasteiger partial charge in [0.2, 0.25) is 0 Å². The summed E-state index contributed by atoms with van der Waals surface area (Å²) >= 11 is 1.24. The van der Waals surface area contributed by atoms with E-state index in [1.165, 1.54) is 22.7 Å². The first-order valence-electron chi connectivity index (χ1n) is 6.06. The minimum absolute atomic E-state index is 0.109. The molecule has 7 nitrogen and oxygen atoms in total. The van der Waals surface area contributed by atoms with Crippen LogP contribution in [0.15, 0.2) is 34.3 Å². The Balaban J connectivity index is 2.27. The lowest BCUT2D eigenvalue weighted by atomic mass is 10.2. The number of nitrogens with two attached hydrogens (primary N) is 3. The van der Waals surface area contributed by atoms with Gasteiger partial charge in [-0.2, -0.15) is 0 Å². The minimum Gasteiger partial charge on any atom is -0.398 e. The lowest BCUT2D eigenvalue weighted by molar-refractivity contribution is 0.0827. The van der Waals surface area contributed by atoms with Crippen LogP contribution in [0.4, 0.5) is 17.3 Å². The second-order valence-corrected chi connectivity index (χ2v) is 5.56. The molecule has 0 fully saturated rings. The summed E-state index contributed by atoms with van der Waals surface area (Å²) in [5, 5.41) is 0.408. The normalized spacial score (nSPS) is 10.4. The zero-order valence-corrected chi connectivity index (χ0v) is 12.5. The van der Waals surface area contributed by atoms with Gasteiger partial charge in [0.15, 0.2) is 5.16 Å². The fourth-order valence-electron chi connectivity index (χ4n) is 1.64. The van der Waals surface area contributed by atoms with Gasteiger partial charge in [-0.15, -0.1) is 0 Å². The third kappa shape index (κ3) is 3.54. The van der Waals surface area contributed by atoms with Crippen LogP contribution in [0.3, 0.4) is 0 Å². The number of benzene rings is 1. The largest absolute Gasteiger partial charge is 0.398 e. The lowest BCUT2D eigenvalue weighted by Gasteiger charge is -2.12. The zero-order valence-electron chi connectivity index (χ0n) is 11.7. The van der Waals surface area contributed by atoms with Crippen molar-refractivity contribution in [3.8, 4) is 0 Å². The molecule has 0 unspecified atom stereocenters. The van der Waals surface area contributed by atoms with Gasteiger partial charge in [-0.1, -0.05) is 0 Å². The Morgan fingerprint density at radius 2 is 1.71 bits per heavy atom. The summed E-state index contributed by atoms with van der Waals surface area (Å²) in [6.45, 7) is 0. The molecule has 0 radical (unpaired) electrons. The number of nitrogen functional groups attached to an aromatic ring is 3. The standard InChI is InChI=1S/C13H16N6OS/c1-19(2)12(20)7-3-4-9(8(14)5-7)21-13-17-10(15)6-11(16)18-13/h3-6H,14H2,1-2H3,(H4,15,16,17,18). The molecule has 2 rings (SSSR count). The van der Waals surface area contributed by atoms with Crippen molar-refractivity contribution in [1.82, 2.24) is 14.9 Å². The summed E-state index contributed by atoms with van der Waals surface area (Å²) in [4.78, 5) is 22.2. The highest BCUT2D eigenvalue weighted by Crippen LogP contribution is 2.31. The third-order valence-electron chi connectivity index (χ3n) is 2.61. The van der Waals surface area contributed by atoms with Crippen LogP contribution in [-0.2, 0) is 0 Å². The van der Waals surface area contributed by atoms with Crippen LogP contribution in [0, 0.1) is 0 Å². The molecule has 0 saturated heterocycles. The van der Waals surface area contributed by atoms with Crippen LogP contribution in [0.2, 0.25) is 0 Å². The first kappa shape index (κ1) is 14.9. The van der Waals surface area contributed by atoms with Crippen molar-refractivity contribution < 1.29 is 4.79 Å². The zero-order chi connectivity index (χ0) is 15.6. The van der Waals surface area contributed by atoms with E-state index in [-0.39, 0.29) is 5.91 Å². The lowest BCUT2D eigenvalue weighted by Crippen LogP contribution is -2.21. The molecule has 0 saturated carbocycles. The second-order valence-electron chi connectivity index (χ2n) is 4.55. The molecule has 0 bridgehead atoms. The fraction of sp³-hybridized carbons (Fsp3) is 0.154. The van der Waals surface area contributed by atoms with E-state index in [9.17, 15) is 4.79 Å². The van der Waals surface area contributed by atoms with Crippen molar-refractivity contribution in [3.05, 3.63) is 29.8 Å². The van der Waals surface area contributed by atoms with E-state index < -0.39 is 0 Å². The molecule has 2 aromatic rings. The maximum Gasteiger partial charge on any atom is 0.253 e. The number of hydrogen-bond donors (Lipinski definition) is 3. The monoisotopic (exact) mass is 304 g/mol. The molecule has 0 aliphatic rings. The van der Waals surface area contributed by atoms with Crippen LogP contribution in [-0.4, -0.2) is 34.9 Å². The van der Waals surface area contributed by atoms with Crippen LogP contribution >= 0.6 is 11.8 Å². The molecule has 21 heavy (non-hydrogen) atoms. The second kappa shape index (κ2) is 5.88. The SMILES string of the molecule is CN(C)C(=O)c1ccc(Sc2nc(N)cc(N)n2)c(N)c1. The molecule has 1 aromatic heterocycles. The molecule has 1 heterocycles. The van der Waals surface area contributed by atoms with Crippen molar-refractivity contribution in [2.75, 3.05) is 31.3 Å². The quantitative estimate of drug-likeness (QED) is 0.572. The van der Waals surface area contributed by atoms with Crippen LogP contribution < -0.4 is 17.2 Å². The first-order valence-corrected chi connectivity index (χ1v) is 6.87. The molecule has 0 atom stereocenters. The van der Waals surface area contributed by atoms with Gasteiger partial charge in [-0.3, -0.25) is 4.79 Å². The smallest absolute Gasteiger partial charge is 0.253 e. The number of carbonyl (C=O) groups excluding carboxylic acids is 1. The van der Waals surface area contributed by atoms with Crippen molar-refractivity contribution >= 4 is 35.0 Å². The van der Waals surface area contributed by atoms with E-state index in [2.05, 4.69) is 9.97 Å². The van der Waals surface area contributed by atoms with Gasteiger partial charge in [0.05, 0.1) is 0 Å². The molecule has 110 valence electrons. The number of hydrogen-bond acceptors (Lipinski definition) is 7. The number of carbonyl (C=O) groups is 1. The van der Waals surface area contributed by atoms with Gasteiger partial charge >= 0.3 is 0 Å². The Kier molecular flexibility index (Phi) is 4.18. The molecular weight excluding hydrogens is 288 g/mol. The van der Waals surface area contributed by atoms with Gasteiger partial charge < -0.3 is 22.1 Å². The van der Waals surface area contributed by atoms with Gasteiger partial charge in [0.1, 0.15) is 11.6 Å². The first-order chi connectivity index (χ1) is 9.86. The van der Waals surface area contributed by atoms with Gasteiger partial charge in [0, 0.05) is 36.3 Å². The highest BCUT2D eigenvalue weighted by Gasteiger charge is 2.12. The summed E-state index contributed by atoms with van der Waals surface area (Å²) in [7, 11) is 3.37. The summed E-state index contributed by atoms with van der Waals surface area (Å²) in [6.07, 6.45) is 0. The van der Waals surface area contributed by atoms with E-state index in [1.54, 1.807) is 32.3 Å². The molecule has 0 spiro atoms. The topological polar surface area (TPSA) is 124 Å².